The lowest BCUT2D eigenvalue weighted by Gasteiger charge is -2.33. The van der Waals surface area contributed by atoms with E-state index in [1.54, 1.807) is 6.07 Å². The molecule has 2 aromatic heterocycles. The molecule has 0 bridgehead atoms. The Labute approximate surface area is 151 Å². The molecule has 0 atom stereocenters. The minimum atomic E-state index is -0.299. The summed E-state index contributed by atoms with van der Waals surface area (Å²) >= 11 is 0. The van der Waals surface area contributed by atoms with Crippen LogP contribution in [0, 0.1) is 5.82 Å². The first-order chi connectivity index (χ1) is 12.8. The van der Waals surface area contributed by atoms with Crippen LogP contribution in [0.3, 0.4) is 0 Å². The van der Waals surface area contributed by atoms with Gasteiger partial charge in [0.1, 0.15) is 11.3 Å². The number of nitrogens with one attached hydrogen (secondary N) is 1. The monoisotopic (exact) mass is 355 g/mol. The molecule has 7 heteroatoms. The van der Waals surface area contributed by atoms with Gasteiger partial charge < -0.3 is 9.32 Å². The molecule has 5 rings (SSSR count). The molecule has 0 radical (unpaired) electrons. The summed E-state index contributed by atoms with van der Waals surface area (Å²) in [4.78, 5) is 9.06. The third-order valence-electron chi connectivity index (χ3n) is 5.50. The Morgan fingerprint density at radius 3 is 2.85 bits per heavy atom. The molecule has 1 aromatic carbocycles. The largest absolute Gasteiger partial charge is 0.423 e. The van der Waals surface area contributed by atoms with Gasteiger partial charge in [-0.1, -0.05) is 0 Å². The molecule has 6 nitrogen and oxygen atoms in total. The van der Waals surface area contributed by atoms with Crippen LogP contribution < -0.4 is 4.90 Å². The van der Waals surface area contributed by atoms with E-state index in [9.17, 15) is 4.39 Å². The molecule has 1 aliphatic carbocycles. The number of rotatable bonds is 3. The van der Waals surface area contributed by atoms with Crippen molar-refractivity contribution in [1.82, 2.24) is 20.1 Å². The number of anilines is 1. The Kier molecular flexibility index (Phi) is 3.89. The summed E-state index contributed by atoms with van der Waals surface area (Å²) in [7, 11) is 0. The summed E-state index contributed by atoms with van der Waals surface area (Å²) in [5.41, 5.74) is 5.20. The predicted octanol–water partition coefficient (Wildman–Crippen LogP) is 2.89. The molecule has 3 heterocycles. The molecule has 0 spiro atoms. The van der Waals surface area contributed by atoms with E-state index in [2.05, 4.69) is 25.0 Å². The number of aromatic amines is 1. The van der Waals surface area contributed by atoms with E-state index in [4.69, 9.17) is 4.42 Å². The highest BCUT2D eigenvalue weighted by molar-refractivity contribution is 5.74. The third kappa shape index (κ3) is 2.86. The van der Waals surface area contributed by atoms with Gasteiger partial charge in [0, 0.05) is 44.5 Å². The minimum Gasteiger partial charge on any atom is -0.423 e. The van der Waals surface area contributed by atoms with Crippen molar-refractivity contribution in [2.45, 2.75) is 32.2 Å². The Hall–Kier alpha value is -2.41. The zero-order valence-corrected chi connectivity index (χ0v) is 14.7. The maximum atomic E-state index is 13.3. The van der Waals surface area contributed by atoms with Gasteiger partial charge in [0.15, 0.2) is 5.58 Å². The fourth-order valence-electron chi connectivity index (χ4n) is 4.01. The second-order valence-corrected chi connectivity index (χ2v) is 7.21. The number of fused-ring (bicyclic) bond motifs is 2. The molecular weight excluding hydrogens is 333 g/mol. The number of nitrogens with zero attached hydrogens (tertiary/aromatic N) is 4. The molecule has 0 unspecified atom stereocenters. The third-order valence-corrected chi connectivity index (χ3v) is 5.50. The normalized spacial score (nSPS) is 18.4. The first kappa shape index (κ1) is 15.8. The van der Waals surface area contributed by atoms with Crippen LogP contribution in [0.15, 0.2) is 22.6 Å². The number of benzene rings is 1. The number of piperazine rings is 1. The molecule has 2 aliphatic rings. The van der Waals surface area contributed by atoms with Crippen LogP contribution in [0.2, 0.25) is 0 Å². The van der Waals surface area contributed by atoms with Crippen LogP contribution in [0.1, 0.15) is 29.8 Å². The Morgan fingerprint density at radius 1 is 1.12 bits per heavy atom. The second kappa shape index (κ2) is 6.39. The summed E-state index contributed by atoms with van der Waals surface area (Å²) < 4.78 is 19.1. The van der Waals surface area contributed by atoms with Crippen molar-refractivity contribution in [3.8, 4) is 0 Å². The molecule has 1 aliphatic heterocycles. The van der Waals surface area contributed by atoms with Gasteiger partial charge in [-0.2, -0.15) is 10.1 Å². The lowest BCUT2D eigenvalue weighted by molar-refractivity contribution is 0.242. The Balaban J connectivity index is 1.25. The molecule has 1 fully saturated rings. The number of aromatic nitrogens is 3. The summed E-state index contributed by atoms with van der Waals surface area (Å²) in [6, 6.07) is 5.05. The molecule has 1 N–H and O–H groups in total. The van der Waals surface area contributed by atoms with Crippen LogP contribution in [0.25, 0.3) is 11.1 Å². The molecule has 1 saturated heterocycles. The summed E-state index contributed by atoms with van der Waals surface area (Å²) in [5.74, 6) is -0.299. The topological polar surface area (TPSA) is 61.2 Å². The van der Waals surface area contributed by atoms with Crippen molar-refractivity contribution in [3.05, 3.63) is 41.0 Å². The minimum absolute atomic E-state index is 0.299. The lowest BCUT2D eigenvalue weighted by Crippen LogP contribution is -2.46. The Morgan fingerprint density at radius 2 is 1.96 bits per heavy atom. The highest BCUT2D eigenvalue weighted by Gasteiger charge is 2.24. The van der Waals surface area contributed by atoms with E-state index in [1.165, 1.54) is 41.9 Å². The first-order valence-electron chi connectivity index (χ1n) is 9.35. The van der Waals surface area contributed by atoms with Crippen LogP contribution in [0.4, 0.5) is 10.4 Å². The quantitative estimate of drug-likeness (QED) is 0.783. The molecule has 0 amide bonds. The van der Waals surface area contributed by atoms with Crippen molar-refractivity contribution in [1.29, 1.82) is 0 Å². The van der Waals surface area contributed by atoms with Gasteiger partial charge in [-0.25, -0.2) is 4.39 Å². The average molecular weight is 355 g/mol. The fraction of sp³-hybridized carbons (Fsp3) is 0.474. The average Bonchev–Trinajstić information content (AvgIpc) is 3.26. The standard InChI is InChI=1S/C19H22FN5O/c20-13-5-6-16-18(11-13)26-19(21-16)25-9-7-24(8-10-25)12-17-14-3-1-2-4-15(14)22-23-17/h5-6,11H,1-4,7-10,12H2,(H,22,23). The Bertz CT molecular complexity index is 925. The van der Waals surface area contributed by atoms with Gasteiger partial charge in [-0.15, -0.1) is 0 Å². The lowest BCUT2D eigenvalue weighted by atomic mass is 9.96. The molecule has 136 valence electrons. The summed E-state index contributed by atoms with van der Waals surface area (Å²) in [5, 5.41) is 7.79. The van der Waals surface area contributed by atoms with Gasteiger partial charge in [0.2, 0.25) is 0 Å². The second-order valence-electron chi connectivity index (χ2n) is 7.21. The van der Waals surface area contributed by atoms with Crippen molar-refractivity contribution in [3.63, 3.8) is 0 Å². The van der Waals surface area contributed by atoms with Crippen LogP contribution >= 0.6 is 0 Å². The number of halogens is 1. The van der Waals surface area contributed by atoms with E-state index in [-0.39, 0.29) is 5.82 Å². The number of aryl methyl sites for hydroxylation is 1. The van der Waals surface area contributed by atoms with E-state index in [0.717, 1.165) is 45.6 Å². The molecule has 3 aromatic rings. The molecule has 0 saturated carbocycles. The van der Waals surface area contributed by atoms with E-state index in [1.807, 2.05) is 0 Å². The van der Waals surface area contributed by atoms with Crippen LogP contribution in [-0.2, 0) is 19.4 Å². The number of hydrogen-bond donors (Lipinski definition) is 1. The van der Waals surface area contributed by atoms with Gasteiger partial charge in [-0.3, -0.25) is 10.00 Å². The maximum absolute atomic E-state index is 13.3. The van der Waals surface area contributed by atoms with E-state index in [0.29, 0.717) is 17.1 Å². The predicted molar refractivity (Wildman–Crippen MR) is 96.7 cm³/mol. The number of hydrogen-bond acceptors (Lipinski definition) is 5. The summed E-state index contributed by atoms with van der Waals surface area (Å²) in [6.07, 6.45) is 4.82. The van der Waals surface area contributed by atoms with E-state index >= 15 is 0 Å². The fourth-order valence-corrected chi connectivity index (χ4v) is 4.01. The maximum Gasteiger partial charge on any atom is 0.298 e. The van der Waals surface area contributed by atoms with Gasteiger partial charge in [-0.05, 0) is 43.4 Å². The van der Waals surface area contributed by atoms with Crippen molar-refractivity contribution >= 4 is 17.1 Å². The molecule has 26 heavy (non-hydrogen) atoms. The van der Waals surface area contributed by atoms with Crippen LogP contribution in [-0.4, -0.2) is 46.3 Å². The summed E-state index contributed by atoms with van der Waals surface area (Å²) in [6.45, 7) is 4.48. The number of H-pyrrole nitrogens is 1. The van der Waals surface area contributed by atoms with E-state index < -0.39 is 0 Å². The highest BCUT2D eigenvalue weighted by atomic mass is 19.1. The van der Waals surface area contributed by atoms with Gasteiger partial charge in [0.25, 0.3) is 6.01 Å². The smallest absolute Gasteiger partial charge is 0.298 e. The number of oxazole rings is 1. The SMILES string of the molecule is Fc1ccc2nc(N3CCN(Cc4n[nH]c5c4CCCC5)CC3)oc2c1. The van der Waals surface area contributed by atoms with Crippen molar-refractivity contribution in [2.75, 3.05) is 31.1 Å². The molecular formula is C19H22FN5O. The van der Waals surface area contributed by atoms with Crippen LogP contribution in [0.5, 0.6) is 0 Å². The van der Waals surface area contributed by atoms with Gasteiger partial charge >= 0.3 is 0 Å². The highest BCUT2D eigenvalue weighted by Crippen LogP contribution is 2.25. The zero-order chi connectivity index (χ0) is 17.5. The van der Waals surface area contributed by atoms with Crippen molar-refractivity contribution < 1.29 is 8.81 Å². The van der Waals surface area contributed by atoms with Crippen molar-refractivity contribution in [2.24, 2.45) is 0 Å². The van der Waals surface area contributed by atoms with Gasteiger partial charge in [0.05, 0.1) is 5.69 Å². The zero-order valence-electron chi connectivity index (χ0n) is 14.7. The first-order valence-corrected chi connectivity index (χ1v) is 9.35.